The number of Topliss-reactive ketones (excluding diaryl/α,β-unsaturated/α-hetero) is 1. The van der Waals surface area contributed by atoms with E-state index < -0.39 is 11.5 Å². The molecule has 0 aromatic rings. The third kappa shape index (κ3) is 1.45. The third-order valence-electron chi connectivity index (χ3n) is 4.92. The minimum absolute atomic E-state index is 0.212. The van der Waals surface area contributed by atoms with Gasteiger partial charge in [-0.05, 0) is 43.9 Å². The molecule has 1 N–H and O–H groups in total. The lowest BCUT2D eigenvalue weighted by molar-refractivity contribution is -0.160. The molecule has 0 bridgehead atoms. The van der Waals surface area contributed by atoms with E-state index in [0.29, 0.717) is 18.1 Å². The van der Waals surface area contributed by atoms with Gasteiger partial charge in [-0.1, -0.05) is 13.8 Å². The van der Waals surface area contributed by atoms with Gasteiger partial charge in [-0.2, -0.15) is 0 Å². The average Bonchev–Trinajstić information content (AvgIpc) is 2.16. The molecule has 2 saturated carbocycles. The van der Waals surface area contributed by atoms with Crippen LogP contribution in [-0.4, -0.2) is 17.0 Å². The maximum absolute atomic E-state index is 12.1. The van der Waals surface area contributed by atoms with Gasteiger partial charge in [0.2, 0.25) is 0 Å². The minimum Gasteiger partial charge on any atom is -0.392 e. The van der Waals surface area contributed by atoms with E-state index in [0.717, 1.165) is 25.7 Å². The summed E-state index contributed by atoms with van der Waals surface area (Å²) in [6, 6.07) is 0. The molecule has 2 heteroatoms. The first-order valence-electron chi connectivity index (χ1n) is 6.10. The standard InChI is InChI=1S/C13H22O2/c1-12(2)8-7-11(15)13(3)9(12)5-4-6-10(13)14/h9,11,15H,4-8H2,1-3H3/t9?,11-,13+/m0/s1. The minimum atomic E-state index is -0.458. The largest absolute Gasteiger partial charge is 0.392 e. The predicted octanol–water partition coefficient (Wildman–Crippen LogP) is 2.54. The fraction of sp³-hybridized carbons (Fsp3) is 0.923. The summed E-state index contributed by atoms with van der Waals surface area (Å²) in [5.74, 6) is 0.661. The maximum atomic E-state index is 12.1. The number of hydrogen-bond acceptors (Lipinski definition) is 2. The lowest BCUT2D eigenvalue weighted by Gasteiger charge is -2.54. The summed E-state index contributed by atoms with van der Waals surface area (Å²) < 4.78 is 0. The second-order valence-corrected chi connectivity index (χ2v) is 6.19. The highest BCUT2D eigenvalue weighted by Gasteiger charge is 2.56. The number of carbonyl (C=O) groups is 1. The number of hydrogen-bond donors (Lipinski definition) is 1. The Morgan fingerprint density at radius 1 is 1.27 bits per heavy atom. The van der Waals surface area contributed by atoms with E-state index in [1.54, 1.807) is 0 Å². The first-order chi connectivity index (χ1) is 6.89. The highest BCUT2D eigenvalue weighted by Crippen LogP contribution is 2.56. The van der Waals surface area contributed by atoms with Gasteiger partial charge in [0.1, 0.15) is 5.78 Å². The van der Waals surface area contributed by atoms with Gasteiger partial charge in [0.25, 0.3) is 0 Å². The van der Waals surface area contributed by atoms with Gasteiger partial charge in [-0.15, -0.1) is 0 Å². The lowest BCUT2D eigenvalue weighted by atomic mass is 9.50. The van der Waals surface area contributed by atoms with Gasteiger partial charge < -0.3 is 5.11 Å². The van der Waals surface area contributed by atoms with E-state index in [9.17, 15) is 9.90 Å². The van der Waals surface area contributed by atoms with Gasteiger partial charge >= 0.3 is 0 Å². The van der Waals surface area contributed by atoms with Crippen molar-refractivity contribution in [3.05, 3.63) is 0 Å². The molecule has 2 aliphatic carbocycles. The average molecular weight is 210 g/mol. The summed E-state index contributed by atoms with van der Waals surface area (Å²) >= 11 is 0. The van der Waals surface area contributed by atoms with Crippen molar-refractivity contribution in [1.29, 1.82) is 0 Å². The molecule has 0 aromatic carbocycles. The van der Waals surface area contributed by atoms with Crippen molar-refractivity contribution < 1.29 is 9.90 Å². The van der Waals surface area contributed by atoms with Crippen LogP contribution in [0.3, 0.4) is 0 Å². The Kier molecular flexibility index (Phi) is 2.45. The SMILES string of the molecule is CC1(C)CC[C@H](O)[C@@]2(C)C(=O)CCCC12. The molecule has 0 amide bonds. The van der Waals surface area contributed by atoms with Crippen LogP contribution < -0.4 is 0 Å². The molecule has 0 saturated heterocycles. The van der Waals surface area contributed by atoms with Crippen molar-refractivity contribution in [2.75, 3.05) is 0 Å². The number of fused-ring (bicyclic) bond motifs is 1. The summed E-state index contributed by atoms with van der Waals surface area (Å²) in [6.07, 6.45) is 4.19. The molecule has 0 heterocycles. The van der Waals surface area contributed by atoms with Crippen LogP contribution in [0, 0.1) is 16.7 Å². The first kappa shape index (κ1) is 11.1. The van der Waals surface area contributed by atoms with E-state index in [-0.39, 0.29) is 5.41 Å². The molecule has 2 fully saturated rings. The zero-order chi connectivity index (χ0) is 11.3. The molecule has 2 aliphatic rings. The number of aliphatic hydroxyl groups is 1. The summed E-state index contributed by atoms with van der Waals surface area (Å²) in [6.45, 7) is 6.49. The molecule has 15 heavy (non-hydrogen) atoms. The second kappa shape index (κ2) is 3.31. The zero-order valence-electron chi connectivity index (χ0n) is 10.0. The Hall–Kier alpha value is -0.370. The highest BCUT2D eigenvalue weighted by atomic mass is 16.3. The number of aliphatic hydroxyl groups excluding tert-OH is 1. The lowest BCUT2D eigenvalue weighted by Crippen LogP contribution is -2.56. The molecular formula is C13H22O2. The highest BCUT2D eigenvalue weighted by molar-refractivity contribution is 5.86. The molecule has 2 rings (SSSR count). The number of ketones is 1. The molecule has 2 nitrogen and oxygen atoms in total. The van der Waals surface area contributed by atoms with Gasteiger partial charge in [-0.3, -0.25) is 4.79 Å². The predicted molar refractivity (Wildman–Crippen MR) is 59.5 cm³/mol. The Labute approximate surface area is 92.1 Å². The van der Waals surface area contributed by atoms with Crippen molar-refractivity contribution in [1.82, 2.24) is 0 Å². The maximum Gasteiger partial charge on any atom is 0.141 e. The fourth-order valence-corrected chi connectivity index (χ4v) is 3.83. The topological polar surface area (TPSA) is 37.3 Å². The van der Waals surface area contributed by atoms with Crippen LogP contribution >= 0.6 is 0 Å². The summed E-state index contributed by atoms with van der Waals surface area (Å²) in [5.41, 5.74) is -0.246. The Morgan fingerprint density at radius 2 is 1.93 bits per heavy atom. The Balaban J connectivity index is 2.39. The van der Waals surface area contributed by atoms with Crippen LogP contribution in [0.1, 0.15) is 52.9 Å². The van der Waals surface area contributed by atoms with Crippen LogP contribution in [0.2, 0.25) is 0 Å². The van der Waals surface area contributed by atoms with Crippen LogP contribution in [0.15, 0.2) is 0 Å². The smallest absolute Gasteiger partial charge is 0.141 e. The van der Waals surface area contributed by atoms with Gasteiger partial charge in [-0.25, -0.2) is 0 Å². The summed E-state index contributed by atoms with van der Waals surface area (Å²) in [7, 11) is 0. The van der Waals surface area contributed by atoms with Crippen molar-refractivity contribution in [2.24, 2.45) is 16.7 Å². The summed E-state index contributed by atoms with van der Waals surface area (Å²) in [4.78, 5) is 12.1. The van der Waals surface area contributed by atoms with Crippen LogP contribution in [-0.2, 0) is 4.79 Å². The number of carbonyl (C=O) groups excluding carboxylic acids is 1. The Bertz CT molecular complexity index is 282. The Morgan fingerprint density at radius 3 is 2.53 bits per heavy atom. The van der Waals surface area contributed by atoms with E-state index in [1.807, 2.05) is 6.92 Å². The van der Waals surface area contributed by atoms with Crippen LogP contribution in [0.25, 0.3) is 0 Å². The molecule has 0 radical (unpaired) electrons. The molecule has 1 unspecified atom stereocenters. The zero-order valence-corrected chi connectivity index (χ0v) is 10.0. The molecule has 0 aromatic heterocycles. The first-order valence-corrected chi connectivity index (χ1v) is 6.10. The molecular weight excluding hydrogens is 188 g/mol. The van der Waals surface area contributed by atoms with Crippen molar-refractivity contribution in [3.63, 3.8) is 0 Å². The quantitative estimate of drug-likeness (QED) is 0.667. The fourth-order valence-electron chi connectivity index (χ4n) is 3.83. The van der Waals surface area contributed by atoms with E-state index in [2.05, 4.69) is 13.8 Å². The van der Waals surface area contributed by atoms with E-state index in [4.69, 9.17) is 0 Å². The normalized spacial score (nSPS) is 44.9. The summed E-state index contributed by atoms with van der Waals surface area (Å²) in [5, 5.41) is 10.1. The van der Waals surface area contributed by atoms with Crippen LogP contribution in [0.5, 0.6) is 0 Å². The molecule has 86 valence electrons. The van der Waals surface area contributed by atoms with Crippen LogP contribution in [0.4, 0.5) is 0 Å². The van der Waals surface area contributed by atoms with Crippen molar-refractivity contribution in [3.8, 4) is 0 Å². The number of rotatable bonds is 0. The monoisotopic (exact) mass is 210 g/mol. The third-order valence-corrected chi connectivity index (χ3v) is 4.92. The molecule has 0 aliphatic heterocycles. The van der Waals surface area contributed by atoms with E-state index in [1.165, 1.54) is 0 Å². The second-order valence-electron chi connectivity index (χ2n) is 6.19. The molecule has 0 spiro atoms. The van der Waals surface area contributed by atoms with Crippen molar-refractivity contribution >= 4 is 5.78 Å². The molecule has 3 atom stereocenters. The van der Waals surface area contributed by atoms with Gasteiger partial charge in [0.05, 0.1) is 11.5 Å². The van der Waals surface area contributed by atoms with Gasteiger partial charge in [0.15, 0.2) is 0 Å². The van der Waals surface area contributed by atoms with Gasteiger partial charge in [0, 0.05) is 6.42 Å². The van der Waals surface area contributed by atoms with E-state index >= 15 is 0 Å². The van der Waals surface area contributed by atoms with Crippen molar-refractivity contribution in [2.45, 2.75) is 59.0 Å².